The summed E-state index contributed by atoms with van der Waals surface area (Å²) in [6, 6.07) is 8.11. The number of likely N-dealkylation sites (tertiary alicyclic amines) is 1. The molecule has 5 nitrogen and oxygen atoms in total. The molecule has 2 atom stereocenters. The van der Waals surface area contributed by atoms with Gasteiger partial charge in [0.2, 0.25) is 5.91 Å². The van der Waals surface area contributed by atoms with E-state index in [2.05, 4.69) is 18.3 Å². The molecule has 132 valence electrons. The van der Waals surface area contributed by atoms with Gasteiger partial charge < -0.3 is 15.0 Å². The fourth-order valence-electron chi connectivity index (χ4n) is 3.38. The highest BCUT2D eigenvalue weighted by molar-refractivity contribution is 5.79. The van der Waals surface area contributed by atoms with Crippen molar-refractivity contribution in [1.29, 1.82) is 0 Å². The molecule has 1 heterocycles. The van der Waals surface area contributed by atoms with Gasteiger partial charge >= 0.3 is 6.09 Å². The molecule has 1 aliphatic rings. The van der Waals surface area contributed by atoms with Crippen molar-refractivity contribution in [3.63, 3.8) is 0 Å². The summed E-state index contributed by atoms with van der Waals surface area (Å²) < 4.78 is 4.80. The molecule has 0 bridgehead atoms. The van der Waals surface area contributed by atoms with Gasteiger partial charge in [0.05, 0.1) is 13.5 Å². The van der Waals surface area contributed by atoms with Gasteiger partial charge in [-0.15, -0.1) is 0 Å². The zero-order valence-electron chi connectivity index (χ0n) is 14.9. The van der Waals surface area contributed by atoms with Crippen molar-refractivity contribution in [1.82, 2.24) is 10.2 Å². The first-order valence-electron chi connectivity index (χ1n) is 8.74. The third kappa shape index (κ3) is 4.73. The lowest BCUT2D eigenvalue weighted by Gasteiger charge is -2.35. The quantitative estimate of drug-likeness (QED) is 0.902. The number of carbonyl (C=O) groups excluding carboxylic acids is 2. The number of carbonyl (C=O) groups is 2. The molecule has 0 aliphatic carbocycles. The molecular weight excluding hydrogens is 304 g/mol. The molecule has 0 saturated carbocycles. The van der Waals surface area contributed by atoms with Crippen molar-refractivity contribution < 1.29 is 14.3 Å². The highest BCUT2D eigenvalue weighted by Crippen LogP contribution is 2.20. The second-order valence-corrected chi connectivity index (χ2v) is 6.47. The van der Waals surface area contributed by atoms with E-state index in [1.54, 1.807) is 4.90 Å². The standard InChI is InChI=1S/C19H28N2O3/c1-4-15-8-5-6-9-16(15)12-18(22)20-14(2)17-10-7-11-21(13-17)19(23)24-3/h5-6,8-9,14,17H,4,7,10-13H2,1-3H3,(H,20,22)/t14-,17+/m0/s1. The highest BCUT2D eigenvalue weighted by Gasteiger charge is 2.28. The zero-order chi connectivity index (χ0) is 17.5. The van der Waals surface area contributed by atoms with Crippen molar-refractivity contribution in [3.8, 4) is 0 Å². The van der Waals surface area contributed by atoms with Gasteiger partial charge in [0.15, 0.2) is 0 Å². The lowest BCUT2D eigenvalue weighted by Crippen LogP contribution is -2.48. The van der Waals surface area contributed by atoms with E-state index in [1.165, 1.54) is 12.7 Å². The Morgan fingerprint density at radius 2 is 2.04 bits per heavy atom. The number of ether oxygens (including phenoxy) is 1. The summed E-state index contributed by atoms with van der Waals surface area (Å²) in [6.45, 7) is 5.49. The van der Waals surface area contributed by atoms with Gasteiger partial charge in [0.1, 0.15) is 0 Å². The predicted octanol–water partition coefficient (Wildman–Crippen LogP) is 2.77. The average molecular weight is 332 g/mol. The molecule has 1 aromatic carbocycles. The molecule has 5 heteroatoms. The molecular formula is C19H28N2O3. The maximum Gasteiger partial charge on any atom is 0.409 e. The van der Waals surface area contributed by atoms with Crippen LogP contribution in [0, 0.1) is 5.92 Å². The first-order valence-corrected chi connectivity index (χ1v) is 8.74. The molecule has 0 radical (unpaired) electrons. The Morgan fingerprint density at radius 3 is 2.71 bits per heavy atom. The second kappa shape index (κ2) is 8.71. The molecule has 24 heavy (non-hydrogen) atoms. The van der Waals surface area contributed by atoms with Crippen molar-refractivity contribution in [2.24, 2.45) is 5.92 Å². The van der Waals surface area contributed by atoms with E-state index in [4.69, 9.17) is 4.74 Å². The van der Waals surface area contributed by atoms with Gasteiger partial charge in [-0.3, -0.25) is 4.79 Å². The Balaban J connectivity index is 1.90. The summed E-state index contributed by atoms with van der Waals surface area (Å²) in [7, 11) is 1.41. The number of hydrogen-bond acceptors (Lipinski definition) is 3. The molecule has 1 aliphatic heterocycles. The Bertz CT molecular complexity index is 573. The number of hydrogen-bond donors (Lipinski definition) is 1. The number of piperidine rings is 1. The molecule has 1 fully saturated rings. The molecule has 0 aromatic heterocycles. The number of nitrogens with zero attached hydrogens (tertiary/aromatic N) is 1. The lowest BCUT2D eigenvalue weighted by molar-refractivity contribution is -0.121. The van der Waals surface area contributed by atoms with Crippen LogP contribution in [0.25, 0.3) is 0 Å². The summed E-state index contributed by atoms with van der Waals surface area (Å²) in [5.41, 5.74) is 2.30. The summed E-state index contributed by atoms with van der Waals surface area (Å²) in [6.07, 6.45) is 3.01. The minimum Gasteiger partial charge on any atom is -0.453 e. The summed E-state index contributed by atoms with van der Waals surface area (Å²) in [4.78, 5) is 25.8. The Kier molecular flexibility index (Phi) is 6.64. The first-order chi connectivity index (χ1) is 11.5. The van der Waals surface area contributed by atoms with E-state index < -0.39 is 0 Å². The van der Waals surface area contributed by atoms with E-state index in [1.807, 2.05) is 25.1 Å². The van der Waals surface area contributed by atoms with E-state index >= 15 is 0 Å². The van der Waals surface area contributed by atoms with Crippen LogP contribution in [0.2, 0.25) is 0 Å². The fraction of sp³-hybridized carbons (Fsp3) is 0.579. The third-order valence-corrected chi connectivity index (χ3v) is 4.84. The number of amides is 2. The fourth-order valence-corrected chi connectivity index (χ4v) is 3.38. The topological polar surface area (TPSA) is 58.6 Å². The van der Waals surface area contributed by atoms with Crippen LogP contribution >= 0.6 is 0 Å². The van der Waals surface area contributed by atoms with Crippen LogP contribution in [-0.4, -0.2) is 43.1 Å². The van der Waals surface area contributed by atoms with Gasteiger partial charge in [-0.2, -0.15) is 0 Å². The van der Waals surface area contributed by atoms with E-state index in [0.29, 0.717) is 13.0 Å². The maximum absolute atomic E-state index is 12.4. The largest absolute Gasteiger partial charge is 0.453 e. The summed E-state index contributed by atoms with van der Waals surface area (Å²) in [5.74, 6) is 0.307. The Labute approximate surface area is 144 Å². The Morgan fingerprint density at radius 1 is 1.33 bits per heavy atom. The van der Waals surface area contributed by atoms with Crippen molar-refractivity contribution in [2.45, 2.75) is 45.6 Å². The number of methoxy groups -OCH3 is 1. The number of nitrogens with one attached hydrogen (secondary N) is 1. The van der Waals surface area contributed by atoms with Crippen LogP contribution in [0.1, 0.15) is 37.8 Å². The van der Waals surface area contributed by atoms with E-state index in [-0.39, 0.29) is 24.0 Å². The van der Waals surface area contributed by atoms with Gasteiger partial charge in [-0.05, 0) is 43.2 Å². The van der Waals surface area contributed by atoms with Gasteiger partial charge in [-0.1, -0.05) is 31.2 Å². The van der Waals surface area contributed by atoms with Crippen LogP contribution in [0.15, 0.2) is 24.3 Å². The SMILES string of the molecule is CCc1ccccc1CC(=O)N[C@@H](C)[C@@H]1CCCN(C(=O)OC)C1. The van der Waals surface area contributed by atoms with Crippen LogP contribution in [0.3, 0.4) is 0 Å². The first kappa shape index (κ1) is 18.3. The maximum atomic E-state index is 12.4. The van der Waals surface area contributed by atoms with Crippen LogP contribution in [0.4, 0.5) is 4.79 Å². The summed E-state index contributed by atoms with van der Waals surface area (Å²) in [5, 5.41) is 3.11. The normalized spacial score (nSPS) is 18.8. The molecule has 0 spiro atoms. The predicted molar refractivity (Wildman–Crippen MR) is 93.8 cm³/mol. The molecule has 2 amide bonds. The van der Waals surface area contributed by atoms with E-state index in [0.717, 1.165) is 31.4 Å². The minimum absolute atomic E-state index is 0.0404. The average Bonchev–Trinajstić information content (AvgIpc) is 2.61. The second-order valence-electron chi connectivity index (χ2n) is 6.47. The van der Waals surface area contributed by atoms with Crippen LogP contribution < -0.4 is 5.32 Å². The zero-order valence-corrected chi connectivity index (χ0v) is 14.9. The van der Waals surface area contributed by atoms with Crippen LogP contribution in [0.5, 0.6) is 0 Å². The highest BCUT2D eigenvalue weighted by atomic mass is 16.5. The lowest BCUT2D eigenvalue weighted by atomic mass is 9.91. The minimum atomic E-state index is -0.282. The van der Waals surface area contributed by atoms with Gasteiger partial charge in [-0.25, -0.2) is 4.79 Å². The Hall–Kier alpha value is -2.04. The number of rotatable bonds is 5. The third-order valence-electron chi connectivity index (χ3n) is 4.84. The van der Waals surface area contributed by atoms with Gasteiger partial charge in [0.25, 0.3) is 0 Å². The number of benzene rings is 1. The molecule has 0 unspecified atom stereocenters. The monoisotopic (exact) mass is 332 g/mol. The summed E-state index contributed by atoms with van der Waals surface area (Å²) >= 11 is 0. The number of aryl methyl sites for hydroxylation is 1. The van der Waals surface area contributed by atoms with E-state index in [9.17, 15) is 9.59 Å². The van der Waals surface area contributed by atoms with Crippen molar-refractivity contribution in [3.05, 3.63) is 35.4 Å². The van der Waals surface area contributed by atoms with Crippen LogP contribution in [-0.2, 0) is 22.4 Å². The van der Waals surface area contributed by atoms with Crippen molar-refractivity contribution >= 4 is 12.0 Å². The smallest absolute Gasteiger partial charge is 0.409 e. The molecule has 1 saturated heterocycles. The van der Waals surface area contributed by atoms with Gasteiger partial charge in [0, 0.05) is 19.1 Å². The van der Waals surface area contributed by atoms with Crippen molar-refractivity contribution in [2.75, 3.05) is 20.2 Å². The molecule has 2 rings (SSSR count). The molecule has 1 N–H and O–H groups in total. The molecule has 1 aromatic rings.